The number of furan rings is 1. The molecule has 0 unspecified atom stereocenters. The first kappa shape index (κ1) is 29.3. The van der Waals surface area contributed by atoms with Crippen molar-refractivity contribution >= 4 is 70.7 Å². The number of thiophene rings is 1. The summed E-state index contributed by atoms with van der Waals surface area (Å²) in [5.74, 6) is 0.646. The first-order chi connectivity index (χ1) is 25.2. The van der Waals surface area contributed by atoms with E-state index < -0.39 is 0 Å². The van der Waals surface area contributed by atoms with Crippen molar-refractivity contribution in [1.82, 2.24) is 0 Å². The van der Waals surface area contributed by atoms with Crippen molar-refractivity contribution in [2.45, 2.75) is 0 Å². The van der Waals surface area contributed by atoms with Crippen molar-refractivity contribution in [3.05, 3.63) is 192 Å². The fourth-order valence-corrected chi connectivity index (χ4v) is 8.14. The van der Waals surface area contributed by atoms with E-state index in [0.717, 1.165) is 44.3 Å². The summed E-state index contributed by atoms with van der Waals surface area (Å²) < 4.78 is 8.68. The van der Waals surface area contributed by atoms with E-state index in [2.05, 4.69) is 133 Å². The van der Waals surface area contributed by atoms with E-state index >= 15 is 0 Å². The number of aliphatic imine (C=N–C) groups is 2. The van der Waals surface area contributed by atoms with Gasteiger partial charge in [0.1, 0.15) is 16.9 Å². The van der Waals surface area contributed by atoms with Gasteiger partial charge in [0, 0.05) is 53.7 Å². The highest BCUT2D eigenvalue weighted by atomic mass is 32.1. The molecule has 51 heavy (non-hydrogen) atoms. The largest absolute Gasteiger partial charge is 0.456 e. The average Bonchev–Trinajstić information content (AvgIpc) is 3.66. The van der Waals surface area contributed by atoms with Gasteiger partial charge in [0.05, 0.1) is 5.71 Å². The molecule has 2 aromatic heterocycles. The standard InChI is InChI=1S/C47H28N2OS/c1-3-10-30(11-4-1)32-14-9-15-33(26-32)34-18-22-39-40-23-20-36(29-46(40)51-45(39)28-34)47-48-41(31-12-5-2-6-13-31)24-25-42(49-47)35-19-21-38-37-16-7-8-17-43(37)50-44(38)27-35/h1-24,26-29H. The third kappa shape index (κ3) is 5.31. The molecule has 0 fully saturated rings. The Kier molecular flexibility index (Phi) is 6.95. The summed E-state index contributed by atoms with van der Waals surface area (Å²) in [7, 11) is 0. The third-order valence-corrected chi connectivity index (χ3v) is 10.7. The fourth-order valence-electron chi connectivity index (χ4n) is 6.96. The molecule has 0 saturated heterocycles. The summed E-state index contributed by atoms with van der Waals surface area (Å²) in [6, 6.07) is 57.3. The van der Waals surface area contributed by atoms with Crippen LogP contribution in [0.5, 0.6) is 0 Å². The van der Waals surface area contributed by atoms with Crippen molar-refractivity contribution in [3.63, 3.8) is 0 Å². The summed E-state index contributed by atoms with van der Waals surface area (Å²) in [6.45, 7) is 0. The molecule has 0 saturated carbocycles. The van der Waals surface area contributed by atoms with E-state index in [1.807, 2.05) is 42.5 Å². The zero-order valence-corrected chi connectivity index (χ0v) is 28.2. The van der Waals surface area contributed by atoms with Gasteiger partial charge in [-0.3, -0.25) is 0 Å². The van der Waals surface area contributed by atoms with Crippen molar-refractivity contribution in [3.8, 4) is 22.3 Å². The lowest BCUT2D eigenvalue weighted by Gasteiger charge is -2.06. The van der Waals surface area contributed by atoms with Crippen LogP contribution in [0.25, 0.3) is 70.1 Å². The number of benzene rings is 7. The van der Waals surface area contributed by atoms with E-state index in [1.54, 1.807) is 11.3 Å². The Morgan fingerprint density at radius 2 is 1.00 bits per heavy atom. The summed E-state index contributed by atoms with van der Waals surface area (Å²) in [4.78, 5) is 10.3. The van der Waals surface area contributed by atoms with Gasteiger partial charge in [0.15, 0.2) is 5.84 Å². The topological polar surface area (TPSA) is 37.9 Å². The van der Waals surface area contributed by atoms with E-state index in [0.29, 0.717) is 11.5 Å². The number of allylic oxidation sites excluding steroid dienone is 1. The molecule has 1 aliphatic rings. The number of para-hydroxylation sites is 1. The van der Waals surface area contributed by atoms with Crippen LogP contribution in [-0.4, -0.2) is 11.5 Å². The number of nitrogens with zero attached hydrogens (tertiary/aromatic N) is 2. The normalized spacial score (nSPS) is 13.1. The average molecular weight is 669 g/mol. The SMILES string of the molecule is C1=CC(c2ccccc2)=NC(c2ccc3c(c2)sc2cc(-c4cccc(-c5ccccc5)c4)ccc23)=NC=1c1ccc2c(c1)oc1ccccc12. The van der Waals surface area contributed by atoms with Gasteiger partial charge in [0.25, 0.3) is 0 Å². The molecule has 10 rings (SSSR count). The highest BCUT2D eigenvalue weighted by molar-refractivity contribution is 7.25. The van der Waals surface area contributed by atoms with Gasteiger partial charge in [-0.25, -0.2) is 9.98 Å². The monoisotopic (exact) mass is 668 g/mol. The zero-order chi connectivity index (χ0) is 33.7. The number of amidine groups is 1. The second kappa shape index (κ2) is 12.1. The Balaban J connectivity index is 1.06. The lowest BCUT2D eigenvalue weighted by Crippen LogP contribution is -2.03. The van der Waals surface area contributed by atoms with Crippen molar-refractivity contribution in [2.24, 2.45) is 9.98 Å². The second-order valence-corrected chi connectivity index (χ2v) is 13.8. The lowest BCUT2D eigenvalue weighted by molar-refractivity contribution is 0.669. The molecular weight excluding hydrogens is 641 g/mol. The van der Waals surface area contributed by atoms with Crippen LogP contribution in [0.3, 0.4) is 0 Å². The first-order valence-electron chi connectivity index (χ1n) is 17.0. The zero-order valence-electron chi connectivity index (χ0n) is 27.4. The maximum absolute atomic E-state index is 6.23. The van der Waals surface area contributed by atoms with Crippen LogP contribution in [-0.2, 0) is 0 Å². The molecule has 0 N–H and O–H groups in total. The van der Waals surface area contributed by atoms with Crippen molar-refractivity contribution in [2.75, 3.05) is 0 Å². The van der Waals surface area contributed by atoms with Gasteiger partial charge in [0.2, 0.25) is 0 Å². The Morgan fingerprint density at radius 1 is 0.412 bits per heavy atom. The van der Waals surface area contributed by atoms with Crippen LogP contribution in [0, 0.1) is 0 Å². The van der Waals surface area contributed by atoms with Gasteiger partial charge in [-0.15, -0.1) is 11.3 Å². The minimum atomic E-state index is 0.646. The maximum atomic E-state index is 6.23. The quantitative estimate of drug-likeness (QED) is 0.168. The van der Waals surface area contributed by atoms with Gasteiger partial charge in [-0.05, 0) is 58.7 Å². The molecule has 0 bridgehead atoms. The van der Waals surface area contributed by atoms with E-state index in [1.165, 1.54) is 42.4 Å². The molecule has 0 aliphatic carbocycles. The number of fused-ring (bicyclic) bond motifs is 6. The summed E-state index contributed by atoms with van der Waals surface area (Å²) in [6.07, 6.45) is 1.94. The van der Waals surface area contributed by atoms with Crippen molar-refractivity contribution < 1.29 is 4.42 Å². The van der Waals surface area contributed by atoms with Crippen LogP contribution >= 0.6 is 11.3 Å². The molecule has 0 atom stereocenters. The summed E-state index contributed by atoms with van der Waals surface area (Å²) >= 11 is 1.81. The molecule has 9 aromatic rings. The molecule has 238 valence electrons. The molecular formula is C47H28N2OS. The Labute approximate surface area is 298 Å². The predicted molar refractivity (Wildman–Crippen MR) is 215 cm³/mol. The Hall–Kier alpha value is -6.58. The molecule has 7 aromatic carbocycles. The van der Waals surface area contributed by atoms with Crippen LogP contribution in [0.2, 0.25) is 0 Å². The molecule has 3 nitrogen and oxygen atoms in total. The molecule has 0 radical (unpaired) electrons. The second-order valence-electron chi connectivity index (χ2n) is 12.7. The molecule has 3 heterocycles. The van der Waals surface area contributed by atoms with Crippen LogP contribution in [0.15, 0.2) is 190 Å². The number of hydrogen-bond acceptors (Lipinski definition) is 4. The lowest BCUT2D eigenvalue weighted by atomic mass is 9.98. The highest BCUT2D eigenvalue weighted by Gasteiger charge is 2.16. The van der Waals surface area contributed by atoms with Gasteiger partial charge < -0.3 is 4.42 Å². The minimum absolute atomic E-state index is 0.646. The summed E-state index contributed by atoms with van der Waals surface area (Å²) in [5.41, 5.74) is 14.4. The van der Waals surface area contributed by atoms with E-state index in [4.69, 9.17) is 14.4 Å². The maximum Gasteiger partial charge on any atom is 0.161 e. The Bertz CT molecular complexity index is 2940. The molecule has 4 heteroatoms. The first-order valence-corrected chi connectivity index (χ1v) is 17.8. The molecule has 1 aliphatic heterocycles. The smallest absolute Gasteiger partial charge is 0.161 e. The number of hydrogen-bond donors (Lipinski definition) is 0. The molecule has 0 amide bonds. The van der Waals surface area contributed by atoms with E-state index in [9.17, 15) is 0 Å². The van der Waals surface area contributed by atoms with Crippen LogP contribution in [0.4, 0.5) is 0 Å². The minimum Gasteiger partial charge on any atom is -0.456 e. The third-order valence-electron chi connectivity index (χ3n) is 9.55. The van der Waals surface area contributed by atoms with Gasteiger partial charge in [-0.2, -0.15) is 0 Å². The van der Waals surface area contributed by atoms with Crippen molar-refractivity contribution in [1.29, 1.82) is 0 Å². The molecule has 0 spiro atoms. The van der Waals surface area contributed by atoms with Crippen LogP contribution < -0.4 is 0 Å². The van der Waals surface area contributed by atoms with Crippen LogP contribution in [0.1, 0.15) is 16.7 Å². The summed E-state index contributed by atoms with van der Waals surface area (Å²) in [5, 5.41) is 4.67. The highest BCUT2D eigenvalue weighted by Crippen LogP contribution is 2.38. The fraction of sp³-hybridized carbons (Fsp3) is 0. The predicted octanol–water partition coefficient (Wildman–Crippen LogP) is 12.7. The van der Waals surface area contributed by atoms with Gasteiger partial charge >= 0.3 is 0 Å². The Morgan fingerprint density at radius 3 is 1.80 bits per heavy atom. The van der Waals surface area contributed by atoms with Gasteiger partial charge in [-0.1, -0.05) is 133 Å². The number of rotatable bonds is 5. The van der Waals surface area contributed by atoms with E-state index in [-0.39, 0.29) is 0 Å².